The number of methoxy groups -OCH3 is 1. The van der Waals surface area contributed by atoms with E-state index in [1.165, 1.54) is 0 Å². The second kappa shape index (κ2) is 8.06. The van der Waals surface area contributed by atoms with Crippen LogP contribution in [0.1, 0.15) is 12.0 Å². The monoisotopic (exact) mass is 403 g/mol. The lowest BCUT2D eigenvalue weighted by Gasteiger charge is -2.18. The predicted molar refractivity (Wildman–Crippen MR) is 119 cm³/mol. The molecule has 0 aliphatic rings. The average molecular weight is 403 g/mol. The van der Waals surface area contributed by atoms with Crippen LogP contribution in [0.3, 0.4) is 0 Å². The van der Waals surface area contributed by atoms with Crippen LogP contribution in [-0.4, -0.2) is 34.1 Å². The van der Waals surface area contributed by atoms with E-state index in [0.717, 1.165) is 33.1 Å². The Labute approximate surface area is 174 Å². The molecule has 30 heavy (non-hydrogen) atoms. The van der Waals surface area contributed by atoms with Gasteiger partial charge in [0, 0.05) is 33.6 Å². The van der Waals surface area contributed by atoms with Gasteiger partial charge in [0.05, 0.1) is 18.1 Å². The Kier molecular flexibility index (Phi) is 5.31. The minimum Gasteiger partial charge on any atom is -0.497 e. The molecular formula is C24H25N3O3. The molecule has 4 aromatic rings. The molecule has 1 amide bonds. The minimum absolute atomic E-state index is 0.00432. The van der Waals surface area contributed by atoms with Crippen molar-refractivity contribution >= 4 is 27.7 Å². The number of nitrogens with zero attached hydrogens (tertiary/aromatic N) is 3. The number of hydrogen-bond donors (Lipinski definition) is 0. The highest BCUT2D eigenvalue weighted by atomic mass is 16.5. The zero-order valence-electron chi connectivity index (χ0n) is 17.5. The van der Waals surface area contributed by atoms with E-state index in [2.05, 4.69) is 6.07 Å². The van der Waals surface area contributed by atoms with Gasteiger partial charge in [0.2, 0.25) is 5.91 Å². The van der Waals surface area contributed by atoms with E-state index in [1.807, 2.05) is 54.6 Å². The third kappa shape index (κ3) is 3.68. The van der Waals surface area contributed by atoms with Gasteiger partial charge in [-0.1, -0.05) is 30.3 Å². The molecule has 4 rings (SSSR count). The quantitative estimate of drug-likeness (QED) is 0.495. The third-order valence-corrected chi connectivity index (χ3v) is 5.56. The summed E-state index contributed by atoms with van der Waals surface area (Å²) in [6.45, 7) is 0.881. The van der Waals surface area contributed by atoms with Gasteiger partial charge in [0.15, 0.2) is 0 Å². The molecule has 1 heterocycles. The van der Waals surface area contributed by atoms with E-state index >= 15 is 0 Å². The van der Waals surface area contributed by atoms with Gasteiger partial charge in [0.25, 0.3) is 0 Å². The van der Waals surface area contributed by atoms with Crippen LogP contribution in [0.2, 0.25) is 0 Å². The van der Waals surface area contributed by atoms with Crippen LogP contribution in [0.25, 0.3) is 21.8 Å². The van der Waals surface area contributed by atoms with Crippen molar-refractivity contribution in [3.63, 3.8) is 0 Å². The maximum atomic E-state index is 12.7. The topological polar surface area (TPSA) is 56.5 Å². The molecule has 0 radical (unpaired) electrons. The smallest absolute Gasteiger partial charge is 0.328 e. The van der Waals surface area contributed by atoms with Gasteiger partial charge in [-0.2, -0.15) is 0 Å². The van der Waals surface area contributed by atoms with Crippen LogP contribution >= 0.6 is 0 Å². The standard InChI is InChI=1S/C24H25N3O3/c1-25(16-17-8-9-19-15-20(30-3)11-10-18(19)14-17)23(28)12-13-27-22-7-5-4-6-21(22)26(2)24(27)29/h4-11,14-15H,12-13,16H2,1-3H3. The van der Waals surface area contributed by atoms with Gasteiger partial charge < -0.3 is 9.64 Å². The number of hydrogen-bond acceptors (Lipinski definition) is 3. The zero-order chi connectivity index (χ0) is 21.3. The van der Waals surface area contributed by atoms with Crippen LogP contribution in [0.5, 0.6) is 5.75 Å². The Bertz CT molecular complexity index is 1290. The number of fused-ring (bicyclic) bond motifs is 2. The van der Waals surface area contributed by atoms with Crippen molar-refractivity contribution in [3.8, 4) is 5.75 Å². The number of carbonyl (C=O) groups is 1. The van der Waals surface area contributed by atoms with Crippen LogP contribution in [0.15, 0.2) is 65.5 Å². The SMILES string of the molecule is COc1ccc2cc(CN(C)C(=O)CCn3c(=O)n(C)c4ccccc43)ccc2c1. The van der Waals surface area contributed by atoms with Gasteiger partial charge in [-0.25, -0.2) is 4.79 Å². The van der Waals surface area contributed by atoms with Crippen LogP contribution in [0.4, 0.5) is 0 Å². The predicted octanol–water partition coefficient (Wildman–Crippen LogP) is 3.55. The van der Waals surface area contributed by atoms with Crippen molar-refractivity contribution in [1.82, 2.24) is 14.0 Å². The summed E-state index contributed by atoms with van der Waals surface area (Å²) in [7, 11) is 5.21. The number of imidazole rings is 1. The number of aryl methyl sites for hydroxylation is 2. The van der Waals surface area contributed by atoms with Gasteiger partial charge in [-0.05, 0) is 46.7 Å². The van der Waals surface area contributed by atoms with E-state index in [1.54, 1.807) is 35.2 Å². The van der Waals surface area contributed by atoms with E-state index in [9.17, 15) is 9.59 Å². The second-order valence-corrected chi connectivity index (χ2v) is 7.53. The third-order valence-electron chi connectivity index (χ3n) is 5.56. The molecule has 0 aliphatic carbocycles. The average Bonchev–Trinajstić information content (AvgIpc) is 3.01. The van der Waals surface area contributed by atoms with Crippen molar-refractivity contribution in [1.29, 1.82) is 0 Å². The largest absolute Gasteiger partial charge is 0.497 e. The molecule has 6 heteroatoms. The Morgan fingerprint density at radius 2 is 1.70 bits per heavy atom. The fourth-order valence-corrected chi connectivity index (χ4v) is 3.84. The molecule has 0 aliphatic heterocycles. The van der Waals surface area contributed by atoms with Gasteiger partial charge in [-0.3, -0.25) is 13.9 Å². The summed E-state index contributed by atoms with van der Waals surface area (Å²) in [4.78, 5) is 26.9. The second-order valence-electron chi connectivity index (χ2n) is 7.53. The molecule has 0 saturated heterocycles. The molecule has 0 saturated carbocycles. The zero-order valence-corrected chi connectivity index (χ0v) is 17.5. The maximum Gasteiger partial charge on any atom is 0.328 e. The number of aromatic nitrogens is 2. The van der Waals surface area contributed by atoms with E-state index < -0.39 is 0 Å². The first-order valence-corrected chi connectivity index (χ1v) is 9.93. The van der Waals surface area contributed by atoms with Gasteiger partial charge in [0.1, 0.15) is 5.75 Å². The normalized spacial score (nSPS) is 11.2. The molecule has 0 bridgehead atoms. The van der Waals surface area contributed by atoms with Crippen LogP contribution in [-0.2, 0) is 24.9 Å². The highest BCUT2D eigenvalue weighted by molar-refractivity contribution is 5.84. The van der Waals surface area contributed by atoms with Crippen molar-refractivity contribution in [2.75, 3.05) is 14.2 Å². The highest BCUT2D eigenvalue weighted by Gasteiger charge is 2.14. The maximum absolute atomic E-state index is 12.7. The van der Waals surface area contributed by atoms with Crippen LogP contribution in [0, 0.1) is 0 Å². The van der Waals surface area contributed by atoms with Gasteiger partial charge in [-0.15, -0.1) is 0 Å². The Morgan fingerprint density at radius 1 is 1.00 bits per heavy atom. The molecule has 6 nitrogen and oxygen atoms in total. The van der Waals surface area contributed by atoms with E-state index in [0.29, 0.717) is 13.1 Å². The molecule has 0 atom stereocenters. The number of carbonyl (C=O) groups excluding carboxylic acids is 1. The van der Waals surface area contributed by atoms with Crippen molar-refractivity contribution in [3.05, 3.63) is 76.7 Å². The first kappa shape index (κ1) is 19.8. The number of para-hydroxylation sites is 2. The summed E-state index contributed by atoms with van der Waals surface area (Å²) in [5, 5.41) is 2.21. The molecule has 1 aromatic heterocycles. The summed E-state index contributed by atoms with van der Waals surface area (Å²) in [6.07, 6.45) is 0.273. The summed E-state index contributed by atoms with van der Waals surface area (Å²) < 4.78 is 8.56. The van der Waals surface area contributed by atoms with Crippen molar-refractivity contribution in [2.24, 2.45) is 7.05 Å². The lowest BCUT2D eigenvalue weighted by Crippen LogP contribution is -2.29. The number of benzene rings is 3. The Hall–Kier alpha value is -3.54. The first-order valence-electron chi connectivity index (χ1n) is 9.93. The number of amides is 1. The first-order chi connectivity index (χ1) is 14.5. The number of rotatable bonds is 6. The Morgan fingerprint density at radius 3 is 2.47 bits per heavy atom. The lowest BCUT2D eigenvalue weighted by molar-refractivity contribution is -0.130. The van der Waals surface area contributed by atoms with Crippen molar-refractivity contribution in [2.45, 2.75) is 19.5 Å². The fraction of sp³-hybridized carbons (Fsp3) is 0.250. The molecule has 0 N–H and O–H groups in total. The summed E-state index contributed by atoms with van der Waals surface area (Å²) in [6, 6.07) is 19.7. The molecule has 0 unspecified atom stereocenters. The molecule has 154 valence electrons. The molecule has 3 aromatic carbocycles. The highest BCUT2D eigenvalue weighted by Crippen LogP contribution is 2.22. The molecule has 0 fully saturated rings. The summed E-state index contributed by atoms with van der Waals surface area (Å²) in [5.41, 5.74) is 2.68. The van der Waals surface area contributed by atoms with E-state index in [4.69, 9.17) is 4.74 Å². The van der Waals surface area contributed by atoms with E-state index in [-0.39, 0.29) is 18.0 Å². The fourth-order valence-electron chi connectivity index (χ4n) is 3.84. The summed E-state index contributed by atoms with van der Waals surface area (Å²) >= 11 is 0. The minimum atomic E-state index is -0.100. The molecular weight excluding hydrogens is 378 g/mol. The Balaban J connectivity index is 1.45. The molecule has 0 spiro atoms. The number of ether oxygens (including phenoxy) is 1. The van der Waals surface area contributed by atoms with Gasteiger partial charge >= 0.3 is 5.69 Å². The lowest BCUT2D eigenvalue weighted by atomic mass is 10.1. The van der Waals surface area contributed by atoms with Crippen molar-refractivity contribution < 1.29 is 9.53 Å². The summed E-state index contributed by atoms with van der Waals surface area (Å²) in [5.74, 6) is 0.830. The van der Waals surface area contributed by atoms with Crippen LogP contribution < -0.4 is 10.4 Å².